The van der Waals surface area contributed by atoms with Crippen LogP contribution in [0, 0.1) is 12.8 Å². The molecular formula is C20H19ClN2O3. The number of amides is 2. The van der Waals surface area contributed by atoms with Crippen LogP contribution in [0.15, 0.2) is 41.4 Å². The lowest BCUT2D eigenvalue weighted by molar-refractivity contribution is -0.120. The number of ether oxygens (including phenoxy) is 1. The minimum Gasteiger partial charge on any atom is -0.496 e. The molecule has 5 nitrogen and oxygen atoms in total. The smallest absolute Gasteiger partial charge is 0.255 e. The maximum atomic E-state index is 12.4. The number of aryl methyl sites for hydroxylation is 1. The number of hydrogen-bond acceptors (Lipinski definition) is 3. The second-order valence-electron chi connectivity index (χ2n) is 6.17. The highest BCUT2D eigenvalue weighted by Crippen LogP contribution is 2.22. The molecule has 1 N–H and O–H groups in total. The van der Waals surface area contributed by atoms with Crippen LogP contribution >= 0.6 is 11.6 Å². The summed E-state index contributed by atoms with van der Waals surface area (Å²) in [6, 6.07) is 10.7. The number of hydrogen-bond donors (Lipinski definition) is 1. The molecule has 2 amide bonds. The maximum absolute atomic E-state index is 12.4. The Morgan fingerprint density at radius 2 is 2.08 bits per heavy atom. The molecular weight excluding hydrogens is 352 g/mol. The van der Waals surface area contributed by atoms with Gasteiger partial charge in [0.2, 0.25) is 0 Å². The molecule has 134 valence electrons. The summed E-state index contributed by atoms with van der Waals surface area (Å²) in [6.07, 6.45) is 2.39. The Labute approximate surface area is 156 Å². The molecule has 1 aliphatic rings. The fraction of sp³-hybridized carbons (Fsp3) is 0.250. The summed E-state index contributed by atoms with van der Waals surface area (Å²) in [5, 5.41) is 4.92. The van der Waals surface area contributed by atoms with Gasteiger partial charge in [-0.1, -0.05) is 29.8 Å². The molecule has 26 heavy (non-hydrogen) atoms. The molecule has 1 unspecified atom stereocenters. The summed E-state index contributed by atoms with van der Waals surface area (Å²) in [5.41, 5.74) is 1.43. The van der Waals surface area contributed by atoms with Gasteiger partial charge in [-0.2, -0.15) is 0 Å². The molecule has 0 bridgehead atoms. The molecule has 0 saturated carbocycles. The van der Waals surface area contributed by atoms with Crippen LogP contribution in [0.1, 0.15) is 22.3 Å². The first-order valence-electron chi connectivity index (χ1n) is 8.31. The molecule has 1 atom stereocenters. The molecule has 0 saturated heterocycles. The van der Waals surface area contributed by atoms with Gasteiger partial charge >= 0.3 is 0 Å². The van der Waals surface area contributed by atoms with Gasteiger partial charge in [0, 0.05) is 11.6 Å². The van der Waals surface area contributed by atoms with Gasteiger partial charge in [-0.3, -0.25) is 9.59 Å². The van der Waals surface area contributed by atoms with E-state index in [2.05, 4.69) is 10.3 Å². The molecule has 0 fully saturated rings. The number of nitrogens with one attached hydrogen (secondary N) is 1. The largest absolute Gasteiger partial charge is 0.496 e. The summed E-state index contributed by atoms with van der Waals surface area (Å²) >= 11 is 5.95. The zero-order valence-corrected chi connectivity index (χ0v) is 15.3. The van der Waals surface area contributed by atoms with Crippen LogP contribution in [-0.4, -0.2) is 25.5 Å². The van der Waals surface area contributed by atoms with Gasteiger partial charge in [0.25, 0.3) is 11.8 Å². The first-order valence-corrected chi connectivity index (χ1v) is 8.68. The number of nitrogens with zero attached hydrogens (tertiary/aromatic N) is 1. The van der Waals surface area contributed by atoms with Crippen molar-refractivity contribution < 1.29 is 14.3 Å². The predicted octanol–water partition coefficient (Wildman–Crippen LogP) is 2.03. The van der Waals surface area contributed by atoms with Gasteiger partial charge in [-0.25, -0.2) is 4.99 Å². The van der Waals surface area contributed by atoms with Gasteiger partial charge in [-0.05, 0) is 48.4 Å². The van der Waals surface area contributed by atoms with E-state index in [1.54, 1.807) is 18.2 Å². The van der Waals surface area contributed by atoms with E-state index in [0.717, 1.165) is 10.8 Å². The number of halogens is 1. The van der Waals surface area contributed by atoms with Crippen molar-refractivity contribution in [2.75, 3.05) is 13.7 Å². The summed E-state index contributed by atoms with van der Waals surface area (Å²) in [6.45, 7) is 2.31. The molecule has 1 heterocycles. The van der Waals surface area contributed by atoms with Gasteiger partial charge < -0.3 is 10.1 Å². The number of carbonyl (C=O) groups excluding carboxylic acids is 2. The second kappa shape index (κ2) is 7.70. The molecule has 3 rings (SSSR count). The number of carbonyl (C=O) groups is 2. The lowest BCUT2D eigenvalue weighted by Gasteiger charge is -2.14. The van der Waals surface area contributed by atoms with Gasteiger partial charge in [0.1, 0.15) is 5.75 Å². The highest BCUT2D eigenvalue weighted by Gasteiger charge is 2.19. The lowest BCUT2D eigenvalue weighted by atomic mass is 9.99. The number of fused-ring (bicyclic) bond motifs is 1. The van der Waals surface area contributed by atoms with Crippen LogP contribution in [0.25, 0.3) is 6.08 Å². The first-order chi connectivity index (χ1) is 12.5. The van der Waals surface area contributed by atoms with E-state index in [1.807, 2.05) is 31.2 Å². The normalized spacial score (nSPS) is 15.5. The Morgan fingerprint density at radius 3 is 2.85 bits per heavy atom. The van der Waals surface area contributed by atoms with Crippen molar-refractivity contribution >= 4 is 29.5 Å². The topological polar surface area (TPSA) is 67.8 Å². The minimum atomic E-state index is -0.341. The number of methoxy groups -OCH3 is 1. The third-order valence-electron chi connectivity index (χ3n) is 4.26. The molecule has 6 heteroatoms. The Kier molecular flexibility index (Phi) is 5.38. The number of rotatable bonds is 5. The van der Waals surface area contributed by atoms with Crippen LogP contribution in [0.4, 0.5) is 0 Å². The third-order valence-corrected chi connectivity index (χ3v) is 4.50. The van der Waals surface area contributed by atoms with E-state index < -0.39 is 0 Å². The molecule has 0 radical (unpaired) electrons. The van der Waals surface area contributed by atoms with Crippen LogP contribution in [0.5, 0.6) is 5.75 Å². The van der Waals surface area contributed by atoms with Gasteiger partial charge in [0.05, 0.1) is 23.9 Å². The molecule has 0 aliphatic carbocycles. The highest BCUT2D eigenvalue weighted by molar-refractivity contribution is 6.31. The van der Waals surface area contributed by atoms with Crippen molar-refractivity contribution in [1.82, 2.24) is 5.32 Å². The Morgan fingerprint density at radius 1 is 1.27 bits per heavy atom. The fourth-order valence-corrected chi connectivity index (χ4v) is 3.05. The van der Waals surface area contributed by atoms with Crippen LogP contribution < -0.4 is 20.6 Å². The number of benzene rings is 2. The summed E-state index contributed by atoms with van der Waals surface area (Å²) < 4.78 is 5.19. The SMILES string of the molecule is COc1ccc(Cl)cc1C(=O)NCCC1C=c2ccc(C)cc2=NC1=O. The molecule has 2 aromatic carbocycles. The highest BCUT2D eigenvalue weighted by atomic mass is 35.5. The lowest BCUT2D eigenvalue weighted by Crippen LogP contribution is -2.35. The van der Waals surface area contributed by atoms with Gasteiger partial charge in [0.15, 0.2) is 0 Å². The Bertz CT molecular complexity index is 985. The zero-order valence-electron chi connectivity index (χ0n) is 14.6. The van der Waals surface area contributed by atoms with Crippen molar-refractivity contribution in [3.63, 3.8) is 0 Å². The van der Waals surface area contributed by atoms with Crippen LogP contribution in [0.3, 0.4) is 0 Å². The summed E-state index contributed by atoms with van der Waals surface area (Å²) in [7, 11) is 1.50. The zero-order chi connectivity index (χ0) is 18.7. The van der Waals surface area contributed by atoms with Crippen molar-refractivity contribution in [2.45, 2.75) is 13.3 Å². The van der Waals surface area contributed by atoms with Gasteiger partial charge in [-0.15, -0.1) is 0 Å². The monoisotopic (exact) mass is 370 g/mol. The van der Waals surface area contributed by atoms with E-state index in [0.29, 0.717) is 34.7 Å². The summed E-state index contributed by atoms with van der Waals surface area (Å²) in [5.74, 6) is -0.364. The third kappa shape index (κ3) is 3.94. The van der Waals surface area contributed by atoms with E-state index in [-0.39, 0.29) is 17.7 Å². The quantitative estimate of drug-likeness (QED) is 0.875. The summed E-state index contributed by atoms with van der Waals surface area (Å²) in [4.78, 5) is 28.7. The predicted molar refractivity (Wildman–Crippen MR) is 99.9 cm³/mol. The van der Waals surface area contributed by atoms with Crippen molar-refractivity contribution in [3.05, 3.63) is 63.1 Å². The Balaban J connectivity index is 1.67. The minimum absolute atomic E-state index is 0.183. The Hall–Kier alpha value is -2.66. The van der Waals surface area contributed by atoms with E-state index in [9.17, 15) is 9.59 Å². The molecule has 2 aromatic rings. The van der Waals surface area contributed by atoms with E-state index in [1.165, 1.54) is 7.11 Å². The standard InChI is InChI=1S/C20H19ClN2O3/c1-12-3-4-13-10-14(19(24)23-17(13)9-12)7-8-22-20(25)16-11-15(21)5-6-18(16)26-2/h3-6,9-11,14H,7-8H2,1-2H3,(H,22,25). The average molecular weight is 371 g/mol. The maximum Gasteiger partial charge on any atom is 0.255 e. The van der Waals surface area contributed by atoms with Crippen molar-refractivity contribution in [3.8, 4) is 5.75 Å². The van der Waals surface area contributed by atoms with Crippen molar-refractivity contribution in [1.29, 1.82) is 0 Å². The molecule has 0 aromatic heterocycles. The second-order valence-corrected chi connectivity index (χ2v) is 6.61. The van der Waals surface area contributed by atoms with Crippen LogP contribution in [-0.2, 0) is 4.79 Å². The fourth-order valence-electron chi connectivity index (χ4n) is 2.88. The molecule has 1 aliphatic heterocycles. The average Bonchev–Trinajstić information content (AvgIpc) is 2.62. The van der Waals surface area contributed by atoms with Crippen LogP contribution in [0.2, 0.25) is 5.02 Å². The van der Waals surface area contributed by atoms with Crippen molar-refractivity contribution in [2.24, 2.45) is 10.9 Å². The first kappa shape index (κ1) is 18.1. The molecule has 0 spiro atoms. The van der Waals surface area contributed by atoms with E-state index >= 15 is 0 Å². The van der Waals surface area contributed by atoms with E-state index in [4.69, 9.17) is 16.3 Å².